The number of hydrogen-bond acceptors (Lipinski definition) is 5. The molecule has 0 saturated carbocycles. The summed E-state index contributed by atoms with van der Waals surface area (Å²) in [6.07, 6.45) is 2.06. The van der Waals surface area contributed by atoms with Gasteiger partial charge in [-0.3, -0.25) is 0 Å². The average molecular weight is 370 g/mol. The van der Waals surface area contributed by atoms with Gasteiger partial charge in [0.15, 0.2) is 11.5 Å². The molecular weight excluding hydrogens is 354 g/mol. The molecule has 0 fully saturated rings. The highest BCUT2D eigenvalue weighted by atomic mass is 79.9. The van der Waals surface area contributed by atoms with Gasteiger partial charge in [0.05, 0.1) is 18.0 Å². The number of nitrogens with one attached hydrogen (secondary N) is 1. The number of anilines is 1. The second kappa shape index (κ2) is 6.66. The molecule has 1 aliphatic rings. The zero-order valence-corrected chi connectivity index (χ0v) is 14.1. The molecule has 3 rings (SSSR count). The van der Waals surface area contributed by atoms with Gasteiger partial charge in [-0.1, -0.05) is 0 Å². The molecule has 1 aliphatic heterocycles. The summed E-state index contributed by atoms with van der Waals surface area (Å²) in [4.78, 5) is 0. The predicted octanol–water partition coefficient (Wildman–Crippen LogP) is 4.29. The Morgan fingerprint density at radius 3 is 2.62 bits per heavy atom. The zero-order valence-electron chi connectivity index (χ0n) is 11.6. The molecule has 0 spiro atoms. The van der Waals surface area contributed by atoms with Crippen molar-refractivity contribution in [1.29, 1.82) is 0 Å². The summed E-state index contributed by atoms with van der Waals surface area (Å²) >= 11 is 5.30. The number of fused-ring (bicyclic) bond motifs is 1. The topological polar surface area (TPSA) is 43.6 Å². The Bertz CT molecular complexity index is 629. The van der Waals surface area contributed by atoms with Crippen molar-refractivity contribution in [3.63, 3.8) is 0 Å². The van der Waals surface area contributed by atoms with Crippen molar-refractivity contribution in [2.45, 2.75) is 12.3 Å². The first kappa shape index (κ1) is 14.7. The fraction of sp³-hybridized carbons (Fsp3) is 0.333. The maximum Gasteiger partial charge on any atom is 0.163 e. The van der Waals surface area contributed by atoms with Gasteiger partial charge in [0.1, 0.15) is 24.7 Å². The molecule has 6 heteroatoms. The van der Waals surface area contributed by atoms with Crippen LogP contribution in [-0.2, 0) is 12.3 Å². The summed E-state index contributed by atoms with van der Waals surface area (Å²) < 4.78 is 17.8. The summed E-state index contributed by atoms with van der Waals surface area (Å²) in [6, 6.07) is 7.90. The Hall–Kier alpha value is -1.27. The average Bonchev–Trinajstić information content (AvgIpc) is 2.93. The lowest BCUT2D eigenvalue weighted by Gasteiger charge is -2.20. The van der Waals surface area contributed by atoms with Gasteiger partial charge in [-0.15, -0.1) is 0 Å². The van der Waals surface area contributed by atoms with Crippen LogP contribution in [0.25, 0.3) is 0 Å². The van der Waals surface area contributed by atoms with E-state index in [0.29, 0.717) is 19.8 Å². The van der Waals surface area contributed by atoms with Gasteiger partial charge in [0, 0.05) is 16.6 Å². The highest BCUT2D eigenvalue weighted by Gasteiger charge is 2.15. The van der Waals surface area contributed by atoms with E-state index < -0.39 is 0 Å². The van der Waals surface area contributed by atoms with Crippen molar-refractivity contribution < 1.29 is 13.9 Å². The third-order valence-electron chi connectivity index (χ3n) is 3.09. The monoisotopic (exact) mass is 369 g/mol. The van der Waals surface area contributed by atoms with E-state index in [-0.39, 0.29) is 0 Å². The number of ether oxygens (including phenoxy) is 2. The molecule has 4 nitrogen and oxygen atoms in total. The molecule has 1 N–H and O–H groups in total. The SMILES string of the molecule is CSCc1ccc(CNc2cc3c(cc2Br)OCCO3)o1. The van der Waals surface area contributed by atoms with Crippen molar-refractivity contribution >= 4 is 33.4 Å². The number of rotatable bonds is 5. The summed E-state index contributed by atoms with van der Waals surface area (Å²) in [5.74, 6) is 4.36. The maximum absolute atomic E-state index is 5.74. The lowest BCUT2D eigenvalue weighted by atomic mass is 10.2. The smallest absolute Gasteiger partial charge is 0.163 e. The molecule has 0 saturated heterocycles. The number of benzene rings is 1. The molecule has 0 amide bonds. The van der Waals surface area contributed by atoms with Crippen molar-refractivity contribution in [3.05, 3.63) is 40.3 Å². The second-order valence-corrected chi connectivity index (χ2v) is 6.35. The highest BCUT2D eigenvalue weighted by molar-refractivity contribution is 9.10. The standard InChI is InChI=1S/C15H16BrNO3S/c1-21-9-11-3-2-10(20-11)8-17-13-7-15-14(6-12(13)16)18-4-5-19-15/h2-3,6-7,17H,4-5,8-9H2,1H3. The highest BCUT2D eigenvalue weighted by Crippen LogP contribution is 2.38. The van der Waals surface area contributed by atoms with Crippen LogP contribution in [0, 0.1) is 0 Å². The third-order valence-corrected chi connectivity index (χ3v) is 4.32. The van der Waals surface area contributed by atoms with E-state index in [4.69, 9.17) is 13.9 Å². The Balaban J connectivity index is 1.69. The lowest BCUT2D eigenvalue weighted by molar-refractivity contribution is 0.171. The van der Waals surface area contributed by atoms with Gasteiger partial charge in [0.2, 0.25) is 0 Å². The van der Waals surface area contributed by atoms with Crippen LogP contribution in [0.5, 0.6) is 11.5 Å². The zero-order chi connectivity index (χ0) is 14.7. The van der Waals surface area contributed by atoms with Crippen molar-refractivity contribution in [2.75, 3.05) is 24.8 Å². The molecule has 0 atom stereocenters. The van der Waals surface area contributed by atoms with Crippen LogP contribution >= 0.6 is 27.7 Å². The first-order valence-electron chi connectivity index (χ1n) is 6.66. The minimum atomic E-state index is 0.588. The van der Waals surface area contributed by atoms with Gasteiger partial charge in [-0.25, -0.2) is 0 Å². The number of thioether (sulfide) groups is 1. The molecule has 1 aromatic carbocycles. The van der Waals surface area contributed by atoms with Crippen LogP contribution in [0.2, 0.25) is 0 Å². The van der Waals surface area contributed by atoms with E-state index in [1.807, 2.05) is 24.3 Å². The largest absolute Gasteiger partial charge is 0.486 e. The summed E-state index contributed by atoms with van der Waals surface area (Å²) in [5.41, 5.74) is 0.960. The Labute approximate surface area is 136 Å². The van der Waals surface area contributed by atoms with E-state index in [9.17, 15) is 0 Å². The molecule has 112 valence electrons. The fourth-order valence-corrected chi connectivity index (χ4v) is 3.02. The first-order chi connectivity index (χ1) is 10.3. The molecule has 0 radical (unpaired) electrons. The molecule has 0 unspecified atom stereocenters. The molecule has 21 heavy (non-hydrogen) atoms. The minimum absolute atomic E-state index is 0.588. The van der Waals surface area contributed by atoms with E-state index >= 15 is 0 Å². The quantitative estimate of drug-likeness (QED) is 0.851. The van der Waals surface area contributed by atoms with E-state index in [2.05, 4.69) is 27.5 Å². The van der Waals surface area contributed by atoms with Crippen molar-refractivity contribution in [2.24, 2.45) is 0 Å². The van der Waals surface area contributed by atoms with Gasteiger partial charge in [-0.2, -0.15) is 11.8 Å². The summed E-state index contributed by atoms with van der Waals surface area (Å²) in [5, 5.41) is 3.35. The number of halogens is 1. The van der Waals surface area contributed by atoms with Gasteiger partial charge in [0.25, 0.3) is 0 Å². The number of furan rings is 1. The molecule has 0 aliphatic carbocycles. The van der Waals surface area contributed by atoms with Crippen LogP contribution in [-0.4, -0.2) is 19.5 Å². The maximum atomic E-state index is 5.74. The fourth-order valence-electron chi connectivity index (χ4n) is 2.12. The summed E-state index contributed by atoms with van der Waals surface area (Å²) in [6.45, 7) is 1.81. The molecule has 0 bridgehead atoms. The van der Waals surface area contributed by atoms with E-state index in [1.165, 1.54) is 0 Å². The first-order valence-corrected chi connectivity index (χ1v) is 8.84. The predicted molar refractivity (Wildman–Crippen MR) is 88.4 cm³/mol. The lowest BCUT2D eigenvalue weighted by Crippen LogP contribution is -2.15. The number of hydrogen-bond donors (Lipinski definition) is 1. The van der Waals surface area contributed by atoms with Crippen LogP contribution in [0.3, 0.4) is 0 Å². The van der Waals surface area contributed by atoms with Crippen LogP contribution < -0.4 is 14.8 Å². The van der Waals surface area contributed by atoms with Crippen molar-refractivity contribution in [3.8, 4) is 11.5 Å². The van der Waals surface area contributed by atoms with Gasteiger partial charge >= 0.3 is 0 Å². The van der Waals surface area contributed by atoms with E-state index in [1.54, 1.807) is 11.8 Å². The Kier molecular flexibility index (Phi) is 4.65. The van der Waals surface area contributed by atoms with Crippen LogP contribution in [0.1, 0.15) is 11.5 Å². The second-order valence-electron chi connectivity index (χ2n) is 4.63. The molecule has 2 aromatic rings. The molecule has 1 aromatic heterocycles. The Morgan fingerprint density at radius 1 is 1.14 bits per heavy atom. The molecular formula is C15H16BrNO3S. The Morgan fingerprint density at radius 2 is 1.86 bits per heavy atom. The van der Waals surface area contributed by atoms with Gasteiger partial charge in [-0.05, 0) is 34.3 Å². The normalized spacial score (nSPS) is 13.2. The van der Waals surface area contributed by atoms with Gasteiger partial charge < -0.3 is 19.2 Å². The minimum Gasteiger partial charge on any atom is -0.486 e. The third kappa shape index (κ3) is 3.49. The van der Waals surface area contributed by atoms with E-state index in [0.717, 1.165) is 38.9 Å². The van der Waals surface area contributed by atoms with Crippen LogP contribution in [0.4, 0.5) is 5.69 Å². The molecule has 2 heterocycles. The summed E-state index contributed by atoms with van der Waals surface area (Å²) in [7, 11) is 0. The van der Waals surface area contributed by atoms with Crippen LogP contribution in [0.15, 0.2) is 33.2 Å². The van der Waals surface area contributed by atoms with Crippen molar-refractivity contribution in [1.82, 2.24) is 0 Å².